The van der Waals surface area contributed by atoms with Gasteiger partial charge in [0.15, 0.2) is 0 Å². The smallest absolute Gasteiger partial charge is 0.286 e. The lowest BCUT2D eigenvalue weighted by atomic mass is 10.2. The maximum atomic E-state index is 5.60. The van der Waals surface area contributed by atoms with Crippen LogP contribution in [0.2, 0.25) is 0 Å². The van der Waals surface area contributed by atoms with Crippen LogP contribution < -0.4 is 0 Å². The van der Waals surface area contributed by atoms with E-state index in [1.807, 2.05) is 60.7 Å². The lowest BCUT2D eigenvalue weighted by Gasteiger charge is -1.92. The molecule has 0 amide bonds. The fourth-order valence-electron chi connectivity index (χ4n) is 1.97. The Balaban J connectivity index is 1.53. The minimum absolute atomic E-state index is 0.354. The maximum Gasteiger partial charge on any atom is 0.286 e. The second-order valence-electron chi connectivity index (χ2n) is 4.58. The number of hydrogen-bond donors (Lipinski definition) is 0. The Morgan fingerprint density at radius 3 is 1.43 bits per heavy atom. The predicted octanol–water partition coefficient (Wildman–Crippen LogP) is 3.94. The molecule has 0 unspecified atom stereocenters. The number of rotatable bonds is 4. The molecule has 0 aliphatic rings. The molecule has 2 heterocycles. The van der Waals surface area contributed by atoms with Crippen molar-refractivity contribution in [3.63, 3.8) is 0 Å². The van der Waals surface area contributed by atoms with Gasteiger partial charge in [-0.25, -0.2) is 0 Å². The Morgan fingerprint density at radius 1 is 0.565 bits per heavy atom. The number of benzene rings is 2. The molecule has 0 aliphatic heterocycles. The summed E-state index contributed by atoms with van der Waals surface area (Å²) in [5.41, 5.74) is 1.73. The summed E-state index contributed by atoms with van der Waals surface area (Å²) in [7, 11) is 0. The molecule has 4 rings (SSSR count). The zero-order valence-electron chi connectivity index (χ0n) is 11.8. The lowest BCUT2D eigenvalue weighted by molar-refractivity contribution is 0.443. The Hall–Kier alpha value is -2.93. The molecule has 0 radical (unpaired) electrons. The van der Waals surface area contributed by atoms with Gasteiger partial charge in [-0.15, -0.1) is 20.4 Å². The summed E-state index contributed by atoms with van der Waals surface area (Å²) in [4.78, 5) is 0. The SMILES string of the molecule is c1ccc(-c2nnc(Sc3nnc(-c4ccccc4)o3)o2)cc1. The van der Waals surface area contributed by atoms with Gasteiger partial charge in [-0.1, -0.05) is 36.4 Å². The van der Waals surface area contributed by atoms with E-state index in [1.54, 1.807) is 0 Å². The largest absolute Gasteiger partial charge is 0.411 e. The quantitative estimate of drug-likeness (QED) is 0.563. The van der Waals surface area contributed by atoms with Crippen molar-refractivity contribution in [2.24, 2.45) is 0 Å². The molecule has 0 fully saturated rings. The highest BCUT2D eigenvalue weighted by Crippen LogP contribution is 2.30. The van der Waals surface area contributed by atoms with E-state index in [4.69, 9.17) is 8.83 Å². The molecule has 7 heteroatoms. The highest BCUT2D eigenvalue weighted by atomic mass is 32.2. The van der Waals surface area contributed by atoms with Crippen molar-refractivity contribution >= 4 is 11.8 Å². The van der Waals surface area contributed by atoms with Crippen LogP contribution in [0, 0.1) is 0 Å². The zero-order valence-corrected chi connectivity index (χ0v) is 12.6. The van der Waals surface area contributed by atoms with Gasteiger partial charge in [0, 0.05) is 22.9 Å². The molecule has 23 heavy (non-hydrogen) atoms. The van der Waals surface area contributed by atoms with E-state index in [0.717, 1.165) is 22.9 Å². The highest BCUT2D eigenvalue weighted by molar-refractivity contribution is 7.98. The molecule has 0 aliphatic carbocycles. The minimum Gasteiger partial charge on any atom is -0.411 e. The maximum absolute atomic E-state index is 5.60. The monoisotopic (exact) mass is 322 g/mol. The van der Waals surface area contributed by atoms with Gasteiger partial charge in [-0.2, -0.15) is 0 Å². The second-order valence-corrected chi connectivity index (χ2v) is 5.48. The third-order valence-electron chi connectivity index (χ3n) is 3.03. The van der Waals surface area contributed by atoms with Crippen molar-refractivity contribution in [3.05, 3.63) is 60.7 Å². The Labute approximate surface area is 135 Å². The lowest BCUT2D eigenvalue weighted by Crippen LogP contribution is -1.75. The van der Waals surface area contributed by atoms with Gasteiger partial charge < -0.3 is 8.83 Å². The van der Waals surface area contributed by atoms with Gasteiger partial charge in [0.2, 0.25) is 11.8 Å². The first-order valence-electron chi connectivity index (χ1n) is 6.84. The molecule has 2 aromatic carbocycles. The van der Waals surface area contributed by atoms with E-state index in [1.165, 1.54) is 0 Å². The van der Waals surface area contributed by atoms with Gasteiger partial charge in [0.1, 0.15) is 0 Å². The van der Waals surface area contributed by atoms with Crippen LogP contribution in [0.25, 0.3) is 22.9 Å². The molecule has 112 valence electrons. The molecular formula is C16H10N4O2S. The van der Waals surface area contributed by atoms with Crippen molar-refractivity contribution in [2.75, 3.05) is 0 Å². The molecule has 0 saturated heterocycles. The van der Waals surface area contributed by atoms with E-state index in [9.17, 15) is 0 Å². The normalized spacial score (nSPS) is 10.8. The van der Waals surface area contributed by atoms with Crippen LogP contribution >= 0.6 is 11.8 Å². The topological polar surface area (TPSA) is 77.8 Å². The number of hydrogen-bond acceptors (Lipinski definition) is 7. The third kappa shape index (κ3) is 3.00. The first-order valence-corrected chi connectivity index (χ1v) is 7.66. The van der Waals surface area contributed by atoms with Gasteiger partial charge in [0.25, 0.3) is 10.4 Å². The van der Waals surface area contributed by atoms with Crippen LogP contribution in [-0.2, 0) is 0 Å². The summed E-state index contributed by atoms with van der Waals surface area (Å²) in [5, 5.41) is 16.7. The fraction of sp³-hybridized carbons (Fsp3) is 0. The third-order valence-corrected chi connectivity index (χ3v) is 3.71. The van der Waals surface area contributed by atoms with Gasteiger partial charge in [0.05, 0.1) is 0 Å². The first kappa shape index (κ1) is 13.7. The van der Waals surface area contributed by atoms with E-state index >= 15 is 0 Å². The van der Waals surface area contributed by atoms with Crippen LogP contribution in [-0.4, -0.2) is 20.4 Å². The van der Waals surface area contributed by atoms with Gasteiger partial charge in [-0.3, -0.25) is 0 Å². The molecule has 0 saturated carbocycles. The van der Waals surface area contributed by atoms with Crippen molar-refractivity contribution in [3.8, 4) is 22.9 Å². The molecule has 0 N–H and O–H groups in total. The van der Waals surface area contributed by atoms with Crippen molar-refractivity contribution in [1.29, 1.82) is 0 Å². The fourth-order valence-corrected chi connectivity index (χ4v) is 2.53. The summed E-state index contributed by atoms with van der Waals surface area (Å²) in [6, 6.07) is 19.1. The first-order chi connectivity index (χ1) is 11.4. The number of aromatic nitrogens is 4. The Kier molecular flexibility index (Phi) is 3.61. The second kappa shape index (κ2) is 6.05. The Bertz CT molecular complexity index is 830. The molecular weight excluding hydrogens is 312 g/mol. The van der Waals surface area contributed by atoms with Crippen LogP contribution in [0.4, 0.5) is 0 Å². The van der Waals surface area contributed by atoms with Crippen LogP contribution in [0.1, 0.15) is 0 Å². The van der Waals surface area contributed by atoms with Crippen LogP contribution in [0.3, 0.4) is 0 Å². The molecule has 0 spiro atoms. The average Bonchev–Trinajstić information content (AvgIpc) is 3.27. The molecule has 0 bridgehead atoms. The van der Waals surface area contributed by atoms with E-state index < -0.39 is 0 Å². The summed E-state index contributed by atoms with van der Waals surface area (Å²) < 4.78 is 11.2. The zero-order chi connectivity index (χ0) is 15.5. The van der Waals surface area contributed by atoms with E-state index in [2.05, 4.69) is 20.4 Å². The average molecular weight is 322 g/mol. The van der Waals surface area contributed by atoms with Crippen molar-refractivity contribution in [2.45, 2.75) is 10.4 Å². The van der Waals surface area contributed by atoms with Crippen molar-refractivity contribution < 1.29 is 8.83 Å². The van der Waals surface area contributed by atoms with Crippen LogP contribution in [0.15, 0.2) is 79.9 Å². The summed E-state index contributed by atoms with van der Waals surface area (Å²) in [5.74, 6) is 0.909. The van der Waals surface area contributed by atoms with E-state index in [-0.39, 0.29) is 0 Å². The number of nitrogens with zero attached hydrogens (tertiary/aromatic N) is 4. The molecule has 0 atom stereocenters. The summed E-state index contributed by atoms with van der Waals surface area (Å²) in [6.07, 6.45) is 0. The van der Waals surface area contributed by atoms with Crippen molar-refractivity contribution in [1.82, 2.24) is 20.4 Å². The predicted molar refractivity (Wildman–Crippen MR) is 83.6 cm³/mol. The highest BCUT2D eigenvalue weighted by Gasteiger charge is 2.14. The van der Waals surface area contributed by atoms with Gasteiger partial charge in [-0.05, 0) is 24.3 Å². The Morgan fingerprint density at radius 2 is 1.00 bits per heavy atom. The van der Waals surface area contributed by atoms with Gasteiger partial charge >= 0.3 is 0 Å². The standard InChI is InChI=1S/C16H10N4O2S/c1-3-7-11(8-4-1)13-17-19-15(21-13)23-16-20-18-14(22-16)12-9-5-2-6-10-12/h1-10H. The molecule has 6 nitrogen and oxygen atoms in total. The molecule has 2 aromatic heterocycles. The van der Waals surface area contributed by atoms with Crippen LogP contribution in [0.5, 0.6) is 0 Å². The molecule has 4 aromatic rings. The minimum atomic E-state index is 0.354. The summed E-state index contributed by atoms with van der Waals surface area (Å²) >= 11 is 1.14. The summed E-state index contributed by atoms with van der Waals surface area (Å²) in [6.45, 7) is 0. The van der Waals surface area contributed by atoms with E-state index in [0.29, 0.717) is 22.2 Å².